The summed E-state index contributed by atoms with van der Waals surface area (Å²) >= 11 is 0. The van der Waals surface area contributed by atoms with Crippen LogP contribution in [0, 0.1) is 0 Å². The van der Waals surface area contributed by atoms with Crippen LogP contribution in [-0.4, -0.2) is 105 Å². The van der Waals surface area contributed by atoms with E-state index in [1.165, 1.54) is 0 Å². The SMILES string of the molecule is N[C@@H](CCCNC(=O)C[C@H](NC(=O)[C@@H](N)CCCNC(=O)C[C@H](N)C(=O)O)C(=O)O)C(=O)O.O=C(O)C(F)(F)F. The van der Waals surface area contributed by atoms with E-state index < -0.39 is 84.8 Å². The van der Waals surface area contributed by atoms with Crippen LogP contribution < -0.4 is 33.2 Å². The van der Waals surface area contributed by atoms with E-state index in [0.29, 0.717) is 0 Å². The number of aliphatic carboxylic acids is 4. The molecule has 0 radical (unpaired) electrons. The average Bonchev–Trinajstić information content (AvgIpc) is 2.83. The van der Waals surface area contributed by atoms with Gasteiger partial charge in [0.25, 0.3) is 0 Å². The number of carbonyl (C=O) groups is 7. The number of nitrogens with one attached hydrogen (secondary N) is 3. The van der Waals surface area contributed by atoms with Crippen molar-refractivity contribution in [3.63, 3.8) is 0 Å². The van der Waals surface area contributed by atoms with Gasteiger partial charge in [0.1, 0.15) is 18.1 Å². The van der Waals surface area contributed by atoms with Crippen molar-refractivity contribution in [1.29, 1.82) is 0 Å². The first kappa shape index (κ1) is 38.1. The lowest BCUT2D eigenvalue weighted by Gasteiger charge is -2.18. The lowest BCUT2D eigenvalue weighted by Crippen LogP contribution is -2.50. The Morgan fingerprint density at radius 3 is 1.43 bits per heavy atom. The van der Waals surface area contributed by atoms with E-state index in [-0.39, 0.29) is 38.8 Å². The maximum absolute atomic E-state index is 12.1. The lowest BCUT2D eigenvalue weighted by molar-refractivity contribution is -0.192. The van der Waals surface area contributed by atoms with Crippen LogP contribution >= 0.6 is 0 Å². The molecule has 0 unspecified atom stereocenters. The van der Waals surface area contributed by atoms with Gasteiger partial charge in [-0.2, -0.15) is 13.2 Å². The smallest absolute Gasteiger partial charge is 0.480 e. The number of carboxylic acid groups (broad SMARTS) is 4. The van der Waals surface area contributed by atoms with Crippen molar-refractivity contribution in [2.75, 3.05) is 13.1 Å². The van der Waals surface area contributed by atoms with Crippen molar-refractivity contribution in [2.45, 2.75) is 68.9 Å². The summed E-state index contributed by atoms with van der Waals surface area (Å²) in [5.74, 6) is -8.73. The second-order valence-corrected chi connectivity index (χ2v) is 8.09. The van der Waals surface area contributed by atoms with Gasteiger partial charge in [-0.3, -0.25) is 24.0 Å². The fourth-order valence-corrected chi connectivity index (χ4v) is 2.45. The van der Waals surface area contributed by atoms with Crippen LogP contribution in [0.2, 0.25) is 0 Å². The Morgan fingerprint density at radius 2 is 1.05 bits per heavy atom. The predicted octanol–water partition coefficient (Wildman–Crippen LogP) is -3.09. The summed E-state index contributed by atoms with van der Waals surface area (Å²) in [6, 6.07) is -5.02. The summed E-state index contributed by atoms with van der Waals surface area (Å²) in [5, 5.41) is 40.7. The molecule has 0 rings (SSSR count). The third-order valence-corrected chi connectivity index (χ3v) is 4.65. The predicted molar refractivity (Wildman–Crippen MR) is 126 cm³/mol. The van der Waals surface area contributed by atoms with Crippen LogP contribution in [0.25, 0.3) is 0 Å². The molecule has 4 atom stereocenters. The topological polar surface area (TPSA) is 315 Å². The molecule has 0 aromatic carbocycles. The summed E-state index contributed by atoms with van der Waals surface area (Å²) in [6.07, 6.45) is -5.32. The van der Waals surface area contributed by atoms with E-state index >= 15 is 0 Å². The molecule has 0 saturated heterocycles. The third kappa shape index (κ3) is 19.1. The average molecular weight is 591 g/mol. The number of amides is 3. The number of carbonyl (C=O) groups excluding carboxylic acids is 3. The largest absolute Gasteiger partial charge is 0.490 e. The molecule has 40 heavy (non-hydrogen) atoms. The number of hydrogen-bond donors (Lipinski definition) is 10. The molecule has 0 heterocycles. The first-order valence-electron chi connectivity index (χ1n) is 11.4. The molecule has 0 fully saturated rings. The summed E-state index contributed by atoms with van der Waals surface area (Å²) in [7, 11) is 0. The van der Waals surface area contributed by atoms with Crippen LogP contribution in [0.4, 0.5) is 13.2 Å². The Labute approximate surface area is 224 Å². The fraction of sp³-hybridized carbons (Fsp3) is 0.650. The fourth-order valence-electron chi connectivity index (χ4n) is 2.45. The summed E-state index contributed by atoms with van der Waals surface area (Å²) < 4.78 is 31.7. The maximum Gasteiger partial charge on any atom is 0.490 e. The van der Waals surface area contributed by atoms with E-state index in [0.717, 1.165) is 0 Å². The number of alkyl halides is 3. The van der Waals surface area contributed by atoms with Crippen molar-refractivity contribution in [1.82, 2.24) is 16.0 Å². The quantitative estimate of drug-likeness (QED) is 0.0751. The monoisotopic (exact) mass is 590 g/mol. The number of hydrogen-bond acceptors (Lipinski definition) is 10. The van der Waals surface area contributed by atoms with Gasteiger partial charge in [-0.05, 0) is 25.7 Å². The van der Waals surface area contributed by atoms with E-state index in [1.54, 1.807) is 0 Å². The van der Waals surface area contributed by atoms with E-state index in [9.17, 15) is 47.0 Å². The van der Waals surface area contributed by atoms with Gasteiger partial charge < -0.3 is 53.6 Å². The number of halogens is 3. The molecule has 0 saturated carbocycles. The van der Waals surface area contributed by atoms with Crippen molar-refractivity contribution in [3.8, 4) is 0 Å². The van der Waals surface area contributed by atoms with Gasteiger partial charge in [0.2, 0.25) is 17.7 Å². The van der Waals surface area contributed by atoms with Gasteiger partial charge in [0.15, 0.2) is 0 Å². The molecule has 0 aliphatic heterocycles. The van der Waals surface area contributed by atoms with E-state index in [4.69, 9.17) is 37.3 Å². The molecule has 230 valence electrons. The summed E-state index contributed by atoms with van der Waals surface area (Å²) in [5.41, 5.74) is 16.3. The van der Waals surface area contributed by atoms with Gasteiger partial charge in [0.05, 0.1) is 18.9 Å². The highest BCUT2D eigenvalue weighted by atomic mass is 19.4. The van der Waals surface area contributed by atoms with Crippen molar-refractivity contribution >= 4 is 41.6 Å². The van der Waals surface area contributed by atoms with E-state index in [2.05, 4.69) is 16.0 Å². The zero-order valence-corrected chi connectivity index (χ0v) is 21.0. The number of nitrogens with two attached hydrogens (primary N) is 3. The molecular formula is C20H33F3N6O11. The van der Waals surface area contributed by atoms with Crippen LogP contribution in [0.15, 0.2) is 0 Å². The highest BCUT2D eigenvalue weighted by molar-refractivity contribution is 5.90. The molecule has 13 N–H and O–H groups in total. The Hall–Kier alpha value is -4.04. The van der Waals surface area contributed by atoms with Gasteiger partial charge in [-0.25, -0.2) is 9.59 Å². The van der Waals surface area contributed by atoms with Gasteiger partial charge in [-0.15, -0.1) is 0 Å². The highest BCUT2D eigenvalue weighted by Crippen LogP contribution is 2.13. The normalized spacial score (nSPS) is 13.8. The maximum atomic E-state index is 12.1. The second-order valence-electron chi connectivity index (χ2n) is 8.09. The van der Waals surface area contributed by atoms with Crippen LogP contribution in [-0.2, 0) is 33.6 Å². The first-order chi connectivity index (χ1) is 18.3. The molecule has 0 aliphatic rings. The number of rotatable bonds is 17. The zero-order valence-electron chi connectivity index (χ0n) is 21.0. The van der Waals surface area contributed by atoms with Crippen molar-refractivity contribution in [2.24, 2.45) is 17.2 Å². The minimum absolute atomic E-state index is 0.0828. The Kier molecular flexibility index (Phi) is 18.2. The van der Waals surface area contributed by atoms with Crippen LogP contribution in [0.1, 0.15) is 38.5 Å². The Balaban J connectivity index is 0. The zero-order chi connectivity index (χ0) is 31.6. The van der Waals surface area contributed by atoms with Crippen LogP contribution in [0.5, 0.6) is 0 Å². The van der Waals surface area contributed by atoms with Gasteiger partial charge >= 0.3 is 30.1 Å². The van der Waals surface area contributed by atoms with Gasteiger partial charge in [-0.1, -0.05) is 0 Å². The molecular weight excluding hydrogens is 557 g/mol. The highest BCUT2D eigenvalue weighted by Gasteiger charge is 2.38. The minimum Gasteiger partial charge on any atom is -0.480 e. The minimum atomic E-state index is -5.08. The number of carboxylic acids is 4. The molecule has 20 heteroatoms. The van der Waals surface area contributed by atoms with Crippen LogP contribution in [0.3, 0.4) is 0 Å². The van der Waals surface area contributed by atoms with E-state index in [1.807, 2.05) is 0 Å². The standard InChI is InChI=1S/C18H32N6O9.C2HF3O2/c19-9(3-1-5-22-13(25)7-11(21)17(30)31)15(27)24-12(18(32)33)8-14(26)23-6-2-4-10(20)16(28)29;3-2(4,5)1(6)7/h9-12H,1-8,19-21H2,(H,22,25)(H,23,26)(H,24,27)(H,28,29)(H,30,31)(H,32,33);(H,6,7)/t9-,10-,11-,12-;/m0./s1. The molecule has 3 amide bonds. The third-order valence-electron chi connectivity index (χ3n) is 4.65. The van der Waals surface area contributed by atoms with Crippen molar-refractivity contribution in [3.05, 3.63) is 0 Å². The summed E-state index contributed by atoms with van der Waals surface area (Å²) in [6.45, 7) is 0.186. The Morgan fingerprint density at radius 1 is 0.650 bits per heavy atom. The first-order valence-corrected chi connectivity index (χ1v) is 11.4. The lowest BCUT2D eigenvalue weighted by atomic mass is 10.1. The summed E-state index contributed by atoms with van der Waals surface area (Å²) in [4.78, 5) is 77.0. The van der Waals surface area contributed by atoms with Crippen molar-refractivity contribution < 1.29 is 67.2 Å². The second kappa shape index (κ2) is 19.1. The van der Waals surface area contributed by atoms with Gasteiger partial charge in [0, 0.05) is 13.1 Å². The Bertz CT molecular complexity index is 904. The molecule has 0 spiro atoms. The molecule has 17 nitrogen and oxygen atoms in total. The molecule has 0 aliphatic carbocycles. The molecule has 0 aromatic heterocycles. The molecule has 0 aromatic rings. The molecule has 0 bridgehead atoms.